The normalized spacial score (nSPS) is 19.5. The number of aromatic nitrogens is 2. The second kappa shape index (κ2) is 6.13. The van der Waals surface area contributed by atoms with Gasteiger partial charge in [0.2, 0.25) is 5.91 Å². The number of amides is 2. The smallest absolute Gasteiger partial charge is 0.273 e. The second-order valence-corrected chi connectivity index (χ2v) is 6.63. The summed E-state index contributed by atoms with van der Waals surface area (Å²) in [6.45, 7) is 2.35. The molecule has 126 valence electrons. The molecule has 0 N–H and O–H groups in total. The summed E-state index contributed by atoms with van der Waals surface area (Å²) in [5, 5.41) is 4.44. The second-order valence-electron chi connectivity index (χ2n) is 6.36. The number of hydrogen-bond acceptors (Lipinski definition) is 4. The number of hydrogen-bond donors (Lipinski definition) is 0. The molecule has 0 atom stereocenters. The maximum absolute atomic E-state index is 12.0. The van der Waals surface area contributed by atoms with Gasteiger partial charge in [0.15, 0.2) is 5.69 Å². The quantitative estimate of drug-likeness (QED) is 0.744. The van der Waals surface area contributed by atoms with Gasteiger partial charge in [-0.05, 0) is 18.9 Å². The van der Waals surface area contributed by atoms with Gasteiger partial charge in [0, 0.05) is 27.2 Å². The lowest BCUT2D eigenvalue weighted by Crippen LogP contribution is -2.52. The number of ether oxygens (including phenoxy) is 1. The van der Waals surface area contributed by atoms with Crippen molar-refractivity contribution < 1.29 is 14.3 Å². The molecule has 8 heteroatoms. The van der Waals surface area contributed by atoms with E-state index in [1.807, 2.05) is 4.68 Å². The van der Waals surface area contributed by atoms with Crippen LogP contribution in [0.15, 0.2) is 6.07 Å². The van der Waals surface area contributed by atoms with Crippen LogP contribution in [-0.2, 0) is 22.7 Å². The summed E-state index contributed by atoms with van der Waals surface area (Å²) in [5.74, 6) is -0.118. The Kier molecular flexibility index (Phi) is 4.33. The summed E-state index contributed by atoms with van der Waals surface area (Å²) in [4.78, 5) is 27.0. The van der Waals surface area contributed by atoms with E-state index in [2.05, 4.69) is 5.10 Å². The van der Waals surface area contributed by atoms with Crippen molar-refractivity contribution in [3.8, 4) is 0 Å². The van der Waals surface area contributed by atoms with Crippen molar-refractivity contribution in [2.24, 2.45) is 0 Å². The minimum Gasteiger partial charge on any atom is -0.367 e. The monoisotopic (exact) mass is 340 g/mol. The largest absolute Gasteiger partial charge is 0.367 e. The number of alkyl halides is 1. The number of carbonyl (C=O) groups is 2. The molecule has 1 saturated heterocycles. The molecule has 0 aliphatic carbocycles. The maximum Gasteiger partial charge on any atom is 0.273 e. The average molecular weight is 341 g/mol. The number of nitrogens with zero attached hydrogens (tertiary/aromatic N) is 4. The minimum atomic E-state index is -0.305. The fourth-order valence-corrected chi connectivity index (χ4v) is 3.31. The van der Waals surface area contributed by atoms with Gasteiger partial charge in [0.25, 0.3) is 5.91 Å². The summed E-state index contributed by atoms with van der Waals surface area (Å²) in [6, 6.07) is 1.79. The average Bonchev–Trinajstić information content (AvgIpc) is 2.96. The zero-order valence-electron chi connectivity index (χ0n) is 13.4. The third-order valence-corrected chi connectivity index (χ3v) is 4.82. The zero-order chi connectivity index (χ0) is 16.6. The fraction of sp³-hybridized carbons (Fsp3) is 0.667. The molecule has 1 aromatic rings. The highest BCUT2D eigenvalue weighted by Gasteiger charge is 2.40. The van der Waals surface area contributed by atoms with Crippen LogP contribution in [0.5, 0.6) is 0 Å². The van der Waals surface area contributed by atoms with Crippen molar-refractivity contribution >= 4 is 23.4 Å². The molecule has 0 radical (unpaired) electrons. The molecule has 1 aromatic heterocycles. The predicted molar refractivity (Wildman–Crippen MR) is 84.3 cm³/mol. The van der Waals surface area contributed by atoms with E-state index >= 15 is 0 Å². The van der Waals surface area contributed by atoms with Gasteiger partial charge in [-0.3, -0.25) is 14.3 Å². The van der Waals surface area contributed by atoms with Gasteiger partial charge >= 0.3 is 0 Å². The van der Waals surface area contributed by atoms with Crippen LogP contribution in [0, 0.1) is 0 Å². The molecule has 1 fully saturated rings. The third-order valence-electron chi connectivity index (χ3n) is 4.59. The summed E-state index contributed by atoms with van der Waals surface area (Å²) >= 11 is 5.61. The van der Waals surface area contributed by atoms with Gasteiger partial charge < -0.3 is 14.5 Å². The molecule has 3 rings (SSSR count). The molecule has 2 amide bonds. The first-order chi connectivity index (χ1) is 10.9. The molecule has 2 aliphatic rings. The first kappa shape index (κ1) is 16.3. The molecular weight excluding hydrogens is 320 g/mol. The van der Waals surface area contributed by atoms with Crippen molar-refractivity contribution in [2.75, 3.05) is 33.1 Å². The first-order valence-corrected chi connectivity index (χ1v) is 8.24. The van der Waals surface area contributed by atoms with Crippen molar-refractivity contribution in [2.45, 2.75) is 31.6 Å². The number of rotatable bonds is 2. The first-order valence-electron chi connectivity index (χ1n) is 7.70. The van der Waals surface area contributed by atoms with E-state index in [0.717, 1.165) is 18.5 Å². The number of likely N-dealkylation sites (tertiary alicyclic amines) is 1. The minimum absolute atomic E-state index is 0.0210. The Morgan fingerprint density at radius 2 is 2.09 bits per heavy atom. The van der Waals surface area contributed by atoms with E-state index in [-0.39, 0.29) is 23.3 Å². The Hall–Kier alpha value is -1.60. The highest BCUT2D eigenvalue weighted by Crippen LogP contribution is 2.33. The number of fused-ring (bicyclic) bond motifs is 1. The Morgan fingerprint density at radius 1 is 1.39 bits per heavy atom. The van der Waals surface area contributed by atoms with E-state index < -0.39 is 0 Å². The highest BCUT2D eigenvalue weighted by atomic mass is 35.5. The molecule has 3 heterocycles. The third kappa shape index (κ3) is 3.07. The summed E-state index contributed by atoms with van der Waals surface area (Å²) in [7, 11) is 3.42. The van der Waals surface area contributed by atoms with Gasteiger partial charge in [-0.1, -0.05) is 0 Å². The van der Waals surface area contributed by atoms with Crippen molar-refractivity contribution in [1.29, 1.82) is 0 Å². The van der Waals surface area contributed by atoms with Crippen molar-refractivity contribution in [1.82, 2.24) is 19.6 Å². The van der Waals surface area contributed by atoms with Gasteiger partial charge in [-0.25, -0.2) is 0 Å². The van der Waals surface area contributed by atoms with Crippen LogP contribution in [0.4, 0.5) is 0 Å². The number of piperidine rings is 1. The van der Waals surface area contributed by atoms with Crippen LogP contribution < -0.4 is 0 Å². The van der Waals surface area contributed by atoms with Gasteiger partial charge in [-0.2, -0.15) is 5.10 Å². The lowest BCUT2D eigenvalue weighted by molar-refractivity contribution is -0.144. The Morgan fingerprint density at radius 3 is 2.70 bits per heavy atom. The van der Waals surface area contributed by atoms with Crippen LogP contribution in [0.2, 0.25) is 0 Å². The topological polar surface area (TPSA) is 67.7 Å². The number of halogens is 1. The standard InChI is InChI=1S/C15H21ClN4O3/c1-18(2)14(22)12-7-11-9-23-15(10-20(11)17-12)3-5-19(6-4-15)13(21)8-16/h7H,3-6,8-10H2,1-2H3. The molecule has 0 unspecified atom stereocenters. The van der Waals surface area contributed by atoms with Crippen LogP contribution >= 0.6 is 11.6 Å². The lowest BCUT2D eigenvalue weighted by atomic mass is 9.90. The van der Waals surface area contributed by atoms with Gasteiger partial charge in [0.1, 0.15) is 5.88 Å². The molecule has 0 bridgehead atoms. The van der Waals surface area contributed by atoms with Crippen molar-refractivity contribution in [3.05, 3.63) is 17.5 Å². The SMILES string of the molecule is CN(C)C(=O)c1cc2n(n1)CC1(CCN(C(=O)CCl)CC1)OC2. The van der Waals surface area contributed by atoms with Crippen LogP contribution in [0.1, 0.15) is 29.0 Å². The zero-order valence-corrected chi connectivity index (χ0v) is 14.2. The summed E-state index contributed by atoms with van der Waals surface area (Å²) in [6.07, 6.45) is 1.51. The van der Waals surface area contributed by atoms with E-state index in [0.29, 0.717) is 31.9 Å². The van der Waals surface area contributed by atoms with Crippen LogP contribution in [0.3, 0.4) is 0 Å². The maximum atomic E-state index is 12.0. The van der Waals surface area contributed by atoms with Crippen LogP contribution in [0.25, 0.3) is 0 Å². The number of carbonyl (C=O) groups excluding carboxylic acids is 2. The van der Waals surface area contributed by atoms with Gasteiger partial charge in [0.05, 0.1) is 24.4 Å². The fourth-order valence-electron chi connectivity index (χ4n) is 3.14. The Bertz CT molecular complexity index is 620. The highest BCUT2D eigenvalue weighted by molar-refractivity contribution is 6.27. The summed E-state index contributed by atoms with van der Waals surface area (Å²) < 4.78 is 7.97. The predicted octanol–water partition coefficient (Wildman–Crippen LogP) is 0.715. The van der Waals surface area contributed by atoms with E-state index in [1.165, 1.54) is 4.90 Å². The molecule has 7 nitrogen and oxygen atoms in total. The van der Waals surface area contributed by atoms with Gasteiger partial charge in [-0.15, -0.1) is 11.6 Å². The molecule has 0 saturated carbocycles. The Balaban J connectivity index is 1.71. The Labute approximate surface area is 140 Å². The lowest BCUT2D eigenvalue weighted by Gasteiger charge is -2.43. The van der Waals surface area contributed by atoms with E-state index in [1.54, 1.807) is 25.1 Å². The molecule has 1 spiro atoms. The molecule has 2 aliphatic heterocycles. The molecule has 0 aromatic carbocycles. The summed E-state index contributed by atoms with van der Waals surface area (Å²) in [5.41, 5.74) is 1.06. The van der Waals surface area contributed by atoms with E-state index in [4.69, 9.17) is 16.3 Å². The molecule has 23 heavy (non-hydrogen) atoms. The molecular formula is C15H21ClN4O3. The van der Waals surface area contributed by atoms with E-state index in [9.17, 15) is 9.59 Å². The van der Waals surface area contributed by atoms with Crippen LogP contribution in [-0.4, -0.2) is 70.1 Å². The van der Waals surface area contributed by atoms with Crippen molar-refractivity contribution in [3.63, 3.8) is 0 Å².